The molecule has 3 amide bonds. The molecule has 1 aliphatic carbocycles. The van der Waals surface area contributed by atoms with Gasteiger partial charge in [0, 0.05) is 90.0 Å². The van der Waals surface area contributed by atoms with Gasteiger partial charge in [-0.3, -0.25) is 24.6 Å². The summed E-state index contributed by atoms with van der Waals surface area (Å²) in [7, 11) is 3.57. The van der Waals surface area contributed by atoms with Gasteiger partial charge in [-0.05, 0) is 55.0 Å². The quantitative estimate of drug-likeness (QED) is 0.234. The van der Waals surface area contributed by atoms with Crippen LogP contribution in [0.2, 0.25) is 0 Å². The van der Waals surface area contributed by atoms with Crippen LogP contribution in [0.25, 0.3) is 11.0 Å². The summed E-state index contributed by atoms with van der Waals surface area (Å²) in [5, 5.41) is 6.61. The number of hydrogen-bond acceptors (Lipinski definition) is 10. The van der Waals surface area contributed by atoms with E-state index in [0.29, 0.717) is 36.3 Å². The van der Waals surface area contributed by atoms with Crippen molar-refractivity contribution in [2.24, 2.45) is 0 Å². The molecule has 0 bridgehead atoms. The van der Waals surface area contributed by atoms with Crippen molar-refractivity contribution in [3.05, 3.63) is 71.7 Å². The van der Waals surface area contributed by atoms with Gasteiger partial charge in [-0.2, -0.15) is 4.98 Å². The van der Waals surface area contributed by atoms with E-state index in [1.165, 1.54) is 5.56 Å². The minimum Gasteiger partial charge on any atom is -0.367 e. The molecule has 272 valence electrons. The van der Waals surface area contributed by atoms with Gasteiger partial charge in [-0.25, -0.2) is 9.97 Å². The zero-order valence-electron chi connectivity index (χ0n) is 30.1. The number of amides is 3. The average molecular weight is 705 g/mol. The summed E-state index contributed by atoms with van der Waals surface area (Å²) in [4.78, 5) is 60.0. The molecule has 13 nitrogen and oxygen atoms in total. The Kier molecular flexibility index (Phi) is 9.63. The summed E-state index contributed by atoms with van der Waals surface area (Å²) in [5.74, 6) is 0.558. The Morgan fingerprint density at radius 2 is 1.69 bits per heavy atom. The van der Waals surface area contributed by atoms with E-state index < -0.39 is 0 Å². The first kappa shape index (κ1) is 34.2. The van der Waals surface area contributed by atoms with Crippen molar-refractivity contribution in [3.63, 3.8) is 0 Å². The third-order valence-electron chi connectivity index (χ3n) is 11.4. The molecule has 1 atom stereocenters. The maximum atomic E-state index is 13.0. The number of nitrogens with zero attached hydrogens (tertiary/aromatic N) is 8. The molecule has 52 heavy (non-hydrogen) atoms. The topological polar surface area (TPSA) is 132 Å². The largest absolute Gasteiger partial charge is 0.367 e. The highest BCUT2D eigenvalue weighted by atomic mass is 16.2. The van der Waals surface area contributed by atoms with Crippen molar-refractivity contribution < 1.29 is 14.4 Å². The van der Waals surface area contributed by atoms with Crippen LogP contribution in [0.1, 0.15) is 72.1 Å². The number of rotatable bonds is 10. The molecular formula is C39H48N10O3. The minimum absolute atomic E-state index is 0.0169. The van der Waals surface area contributed by atoms with Gasteiger partial charge in [-0.15, -0.1) is 0 Å². The summed E-state index contributed by atoms with van der Waals surface area (Å²) >= 11 is 0. The van der Waals surface area contributed by atoms with Crippen molar-refractivity contribution in [1.82, 2.24) is 39.5 Å². The fourth-order valence-corrected chi connectivity index (χ4v) is 8.22. The molecule has 8 rings (SSSR count). The second-order valence-electron chi connectivity index (χ2n) is 15.0. The molecule has 3 saturated heterocycles. The van der Waals surface area contributed by atoms with Crippen LogP contribution in [0.4, 0.5) is 17.5 Å². The van der Waals surface area contributed by atoms with E-state index in [1.54, 1.807) is 25.2 Å². The first-order valence-corrected chi connectivity index (χ1v) is 18.8. The number of imide groups is 1. The monoisotopic (exact) mass is 704 g/mol. The van der Waals surface area contributed by atoms with E-state index >= 15 is 0 Å². The third-order valence-corrected chi connectivity index (χ3v) is 11.4. The van der Waals surface area contributed by atoms with Crippen LogP contribution in [0.15, 0.2) is 54.9 Å². The number of carbonyl (C=O) groups excluding carboxylic acids is 3. The Hall–Kier alpha value is -4.88. The van der Waals surface area contributed by atoms with Gasteiger partial charge < -0.3 is 24.6 Å². The maximum Gasteiger partial charge on any atom is 0.270 e. The molecule has 4 aliphatic rings. The molecular weight excluding hydrogens is 656 g/mol. The molecule has 1 unspecified atom stereocenters. The van der Waals surface area contributed by atoms with E-state index in [-0.39, 0.29) is 29.7 Å². The maximum absolute atomic E-state index is 13.0. The lowest BCUT2D eigenvalue weighted by molar-refractivity contribution is -0.134. The second-order valence-corrected chi connectivity index (χ2v) is 15.0. The summed E-state index contributed by atoms with van der Waals surface area (Å²) in [6.45, 7) is 7.32. The number of piperazine rings is 1. The molecule has 3 aromatic heterocycles. The first-order chi connectivity index (χ1) is 25.3. The van der Waals surface area contributed by atoms with Crippen molar-refractivity contribution in [2.45, 2.75) is 62.9 Å². The summed E-state index contributed by atoms with van der Waals surface area (Å²) in [6.07, 6.45) is 10.1. The first-order valence-electron chi connectivity index (χ1n) is 18.8. The number of hydrogen-bond donors (Lipinski definition) is 2. The summed E-state index contributed by atoms with van der Waals surface area (Å²) in [5.41, 5.74) is 4.84. The molecule has 1 saturated carbocycles. The summed E-state index contributed by atoms with van der Waals surface area (Å²) in [6, 6.07) is 15.2. The number of piperidine rings is 1. The molecule has 4 fully saturated rings. The fraction of sp³-hybridized carbons (Fsp3) is 0.487. The molecule has 0 radical (unpaired) electrons. The highest BCUT2D eigenvalue weighted by molar-refractivity contribution is 6.01. The van der Waals surface area contributed by atoms with E-state index in [4.69, 9.17) is 9.97 Å². The van der Waals surface area contributed by atoms with Gasteiger partial charge >= 0.3 is 0 Å². The Bertz CT molecular complexity index is 1920. The molecule has 3 aliphatic heterocycles. The van der Waals surface area contributed by atoms with Crippen LogP contribution in [0, 0.1) is 0 Å². The van der Waals surface area contributed by atoms with Crippen LogP contribution < -0.4 is 15.5 Å². The van der Waals surface area contributed by atoms with Gasteiger partial charge in [0.2, 0.25) is 17.8 Å². The van der Waals surface area contributed by atoms with Crippen LogP contribution in [-0.4, -0.2) is 118 Å². The Morgan fingerprint density at radius 1 is 0.923 bits per heavy atom. The number of anilines is 3. The normalized spacial score (nSPS) is 20.7. The number of carbonyl (C=O) groups is 3. The van der Waals surface area contributed by atoms with E-state index in [2.05, 4.69) is 53.1 Å². The lowest BCUT2D eigenvalue weighted by Crippen LogP contribution is -2.63. The number of pyridine rings is 1. The van der Waals surface area contributed by atoms with Crippen LogP contribution >= 0.6 is 0 Å². The van der Waals surface area contributed by atoms with Crippen LogP contribution in [0.3, 0.4) is 0 Å². The number of fused-ring (bicyclic) bond motifs is 1. The summed E-state index contributed by atoms with van der Waals surface area (Å²) < 4.78 is 2.13. The molecule has 0 spiro atoms. The van der Waals surface area contributed by atoms with Crippen molar-refractivity contribution in [3.8, 4) is 0 Å². The van der Waals surface area contributed by atoms with Gasteiger partial charge in [0.15, 0.2) is 0 Å². The number of aromatic nitrogens is 4. The zero-order chi connectivity index (χ0) is 35.8. The van der Waals surface area contributed by atoms with Gasteiger partial charge in [0.05, 0.1) is 17.8 Å². The average Bonchev–Trinajstić information content (AvgIpc) is 3.79. The number of nitrogens with one attached hydrogen (secondary N) is 2. The van der Waals surface area contributed by atoms with Gasteiger partial charge in [-0.1, -0.05) is 37.1 Å². The predicted octanol–water partition coefficient (Wildman–Crippen LogP) is 3.96. The molecule has 6 heterocycles. The van der Waals surface area contributed by atoms with Crippen LogP contribution in [0.5, 0.6) is 0 Å². The smallest absolute Gasteiger partial charge is 0.270 e. The van der Waals surface area contributed by atoms with Gasteiger partial charge in [0.25, 0.3) is 5.91 Å². The van der Waals surface area contributed by atoms with Crippen molar-refractivity contribution >= 4 is 46.2 Å². The molecule has 1 aromatic carbocycles. The fourth-order valence-electron chi connectivity index (χ4n) is 8.22. The van der Waals surface area contributed by atoms with E-state index in [0.717, 1.165) is 100 Å². The van der Waals surface area contributed by atoms with E-state index in [9.17, 15) is 14.4 Å². The molecule has 2 N–H and O–H groups in total. The Labute approximate surface area is 304 Å². The SMILES string of the molecule is CN(C)C(=O)c1cc2cnc(Nc3ccc(N4CC(N5CCN(CCc6ccc(C7CCC(=O)NC7=O)cc6)CC5)C4)cn3)nc2n1C1CCCC1. The highest BCUT2D eigenvalue weighted by Gasteiger charge is 2.34. The highest BCUT2D eigenvalue weighted by Crippen LogP contribution is 2.35. The lowest BCUT2D eigenvalue weighted by atomic mass is 9.90. The minimum atomic E-state index is -0.228. The molecule has 13 heteroatoms. The van der Waals surface area contributed by atoms with Crippen molar-refractivity contribution in [2.75, 3.05) is 70.1 Å². The zero-order valence-corrected chi connectivity index (χ0v) is 30.1. The Balaban J connectivity index is 0.802. The second kappa shape index (κ2) is 14.6. The standard InChI is InChI=1S/C39H48N10O3/c1-45(2)38(52)33-21-28-22-41-39(44-36(28)49(33)29-5-3-4-6-29)42-34-13-11-30(23-40-34)48-24-31(25-48)47-19-17-46(18-20-47)16-15-26-7-9-27(10-8-26)32-12-14-35(50)43-37(32)51/h7-11,13,21-23,29,31-32H,3-6,12,14-20,24-25H2,1-2H3,(H,43,50,51)(H,40,41,42,44). The Morgan fingerprint density at radius 3 is 2.38 bits per heavy atom. The third kappa shape index (κ3) is 7.11. The van der Waals surface area contributed by atoms with Crippen molar-refractivity contribution in [1.29, 1.82) is 0 Å². The molecule has 4 aromatic rings. The lowest BCUT2D eigenvalue weighted by Gasteiger charge is -2.49. The predicted molar refractivity (Wildman–Crippen MR) is 200 cm³/mol. The number of benzene rings is 1. The van der Waals surface area contributed by atoms with Gasteiger partial charge in [0.1, 0.15) is 17.2 Å². The van der Waals surface area contributed by atoms with E-state index in [1.807, 2.05) is 30.5 Å². The van der Waals surface area contributed by atoms with Crippen LogP contribution in [-0.2, 0) is 16.0 Å².